The molecular weight excluding hydrogens is 334 g/mol. The Labute approximate surface area is 150 Å². The summed E-state index contributed by atoms with van der Waals surface area (Å²) in [5.41, 5.74) is 2.09. The van der Waals surface area contributed by atoms with E-state index < -0.39 is 11.2 Å². The molecule has 1 fully saturated rings. The lowest BCUT2D eigenvalue weighted by Crippen LogP contribution is -2.45. The number of aromatic amines is 1. The normalized spacial score (nSPS) is 16.9. The Hall–Kier alpha value is -2.39. The molecule has 4 heterocycles. The second kappa shape index (κ2) is 6.10. The minimum atomic E-state index is -0.443. The fraction of sp³-hybridized carbons (Fsp3) is 0.588. The SMILES string of the molecule is Cc1c(C)n2c3c(=O)[nH]c(=O)n(C)c3nc2n1CCN1CCN(C)CC1. The Morgan fingerprint density at radius 2 is 1.69 bits per heavy atom. The summed E-state index contributed by atoms with van der Waals surface area (Å²) in [5.74, 6) is 0.718. The Morgan fingerprint density at radius 1 is 1.00 bits per heavy atom. The maximum Gasteiger partial charge on any atom is 0.329 e. The molecule has 0 saturated carbocycles. The second-order valence-electron chi connectivity index (χ2n) is 7.21. The van der Waals surface area contributed by atoms with Crippen LogP contribution >= 0.6 is 0 Å². The van der Waals surface area contributed by atoms with Crippen molar-refractivity contribution in [2.75, 3.05) is 39.8 Å². The molecule has 3 aromatic rings. The van der Waals surface area contributed by atoms with Crippen LogP contribution in [-0.4, -0.2) is 73.1 Å². The van der Waals surface area contributed by atoms with E-state index in [0.717, 1.165) is 56.4 Å². The van der Waals surface area contributed by atoms with Crippen molar-refractivity contribution in [3.8, 4) is 0 Å². The molecule has 0 unspecified atom stereocenters. The summed E-state index contributed by atoms with van der Waals surface area (Å²) < 4.78 is 5.41. The van der Waals surface area contributed by atoms with Gasteiger partial charge in [-0.2, -0.15) is 4.98 Å². The van der Waals surface area contributed by atoms with Gasteiger partial charge in [0.1, 0.15) is 0 Å². The van der Waals surface area contributed by atoms with Crippen molar-refractivity contribution in [3.05, 3.63) is 32.2 Å². The Kier molecular flexibility index (Phi) is 4.00. The number of H-pyrrole nitrogens is 1. The van der Waals surface area contributed by atoms with E-state index in [4.69, 9.17) is 0 Å². The predicted octanol–water partition coefficient (Wildman–Crippen LogP) is -0.460. The van der Waals surface area contributed by atoms with Crippen LogP contribution in [0.2, 0.25) is 0 Å². The molecule has 0 bridgehead atoms. The number of likely N-dealkylation sites (N-methyl/N-ethyl adjacent to an activating group) is 1. The molecule has 0 radical (unpaired) electrons. The molecule has 0 aliphatic carbocycles. The highest BCUT2D eigenvalue weighted by Crippen LogP contribution is 2.20. The molecule has 9 nitrogen and oxygen atoms in total. The van der Waals surface area contributed by atoms with Gasteiger partial charge in [0.05, 0.1) is 0 Å². The molecule has 1 aliphatic rings. The first-order chi connectivity index (χ1) is 12.4. The van der Waals surface area contributed by atoms with Gasteiger partial charge in [-0.1, -0.05) is 0 Å². The molecule has 140 valence electrons. The lowest BCUT2D eigenvalue weighted by molar-refractivity contribution is 0.150. The molecule has 1 N–H and O–H groups in total. The van der Waals surface area contributed by atoms with E-state index in [-0.39, 0.29) is 0 Å². The van der Waals surface area contributed by atoms with Crippen LogP contribution in [0.15, 0.2) is 9.59 Å². The number of fused-ring (bicyclic) bond motifs is 3. The van der Waals surface area contributed by atoms with Crippen LogP contribution in [0.3, 0.4) is 0 Å². The number of nitrogens with one attached hydrogen (secondary N) is 1. The zero-order valence-electron chi connectivity index (χ0n) is 15.7. The fourth-order valence-corrected chi connectivity index (χ4v) is 3.76. The van der Waals surface area contributed by atoms with E-state index in [0.29, 0.717) is 11.2 Å². The highest BCUT2D eigenvalue weighted by atomic mass is 16.2. The number of hydrogen-bond donors (Lipinski definition) is 1. The second-order valence-corrected chi connectivity index (χ2v) is 7.21. The van der Waals surface area contributed by atoms with Gasteiger partial charge in [0.25, 0.3) is 5.56 Å². The summed E-state index contributed by atoms with van der Waals surface area (Å²) in [7, 11) is 3.78. The lowest BCUT2D eigenvalue weighted by atomic mass is 10.3. The first kappa shape index (κ1) is 17.0. The number of rotatable bonds is 3. The molecule has 9 heteroatoms. The number of hydrogen-bond acceptors (Lipinski definition) is 5. The molecule has 1 aliphatic heterocycles. The zero-order valence-corrected chi connectivity index (χ0v) is 15.7. The van der Waals surface area contributed by atoms with Crippen molar-refractivity contribution in [2.24, 2.45) is 7.05 Å². The van der Waals surface area contributed by atoms with E-state index in [1.54, 1.807) is 7.05 Å². The standard InChI is InChI=1S/C17H25N7O2/c1-11-12(2)24-13-14(21(4)17(26)19-15(13)25)18-16(24)23(11)10-9-22-7-5-20(3)6-8-22/h5-10H2,1-4H3,(H,19,25,26). The summed E-state index contributed by atoms with van der Waals surface area (Å²) in [5, 5.41) is 0. The van der Waals surface area contributed by atoms with Crippen LogP contribution in [0, 0.1) is 13.8 Å². The van der Waals surface area contributed by atoms with Crippen LogP contribution in [0.25, 0.3) is 16.9 Å². The van der Waals surface area contributed by atoms with Crippen molar-refractivity contribution in [1.82, 2.24) is 33.3 Å². The van der Waals surface area contributed by atoms with Gasteiger partial charge in [-0.15, -0.1) is 0 Å². The number of imidazole rings is 2. The van der Waals surface area contributed by atoms with Crippen molar-refractivity contribution < 1.29 is 0 Å². The molecule has 0 atom stereocenters. The third kappa shape index (κ3) is 2.50. The highest BCUT2D eigenvalue weighted by molar-refractivity contribution is 5.76. The van der Waals surface area contributed by atoms with Crippen LogP contribution in [0.5, 0.6) is 0 Å². The van der Waals surface area contributed by atoms with E-state index >= 15 is 0 Å². The lowest BCUT2D eigenvalue weighted by Gasteiger charge is -2.32. The zero-order chi connectivity index (χ0) is 18.6. The van der Waals surface area contributed by atoms with Gasteiger partial charge in [-0.25, -0.2) is 4.79 Å². The Bertz CT molecular complexity index is 1090. The van der Waals surface area contributed by atoms with Crippen LogP contribution in [0.4, 0.5) is 0 Å². The average molecular weight is 359 g/mol. The van der Waals surface area contributed by atoms with Gasteiger partial charge in [0.15, 0.2) is 11.2 Å². The van der Waals surface area contributed by atoms with E-state index in [2.05, 4.69) is 38.3 Å². The molecule has 26 heavy (non-hydrogen) atoms. The summed E-state index contributed by atoms with van der Waals surface area (Å²) >= 11 is 0. The van der Waals surface area contributed by atoms with Crippen molar-refractivity contribution >= 4 is 16.9 Å². The van der Waals surface area contributed by atoms with Crippen LogP contribution < -0.4 is 11.2 Å². The maximum absolute atomic E-state index is 12.4. The van der Waals surface area contributed by atoms with Gasteiger partial charge in [-0.3, -0.25) is 23.6 Å². The molecule has 0 spiro atoms. The number of piperazine rings is 1. The summed E-state index contributed by atoms with van der Waals surface area (Å²) in [6.07, 6.45) is 0. The minimum Gasteiger partial charge on any atom is -0.313 e. The third-order valence-corrected chi connectivity index (χ3v) is 5.64. The van der Waals surface area contributed by atoms with Gasteiger partial charge in [-0.05, 0) is 20.9 Å². The first-order valence-corrected chi connectivity index (χ1v) is 8.96. The fourth-order valence-electron chi connectivity index (χ4n) is 3.76. The Balaban J connectivity index is 1.78. The van der Waals surface area contributed by atoms with Gasteiger partial charge < -0.3 is 9.47 Å². The van der Waals surface area contributed by atoms with E-state index in [9.17, 15) is 9.59 Å². The Morgan fingerprint density at radius 3 is 2.38 bits per heavy atom. The number of aromatic nitrogens is 5. The van der Waals surface area contributed by atoms with Crippen molar-refractivity contribution in [2.45, 2.75) is 20.4 Å². The van der Waals surface area contributed by atoms with Gasteiger partial charge in [0.2, 0.25) is 5.78 Å². The smallest absolute Gasteiger partial charge is 0.313 e. The highest BCUT2D eigenvalue weighted by Gasteiger charge is 2.21. The van der Waals surface area contributed by atoms with Crippen molar-refractivity contribution in [3.63, 3.8) is 0 Å². The van der Waals surface area contributed by atoms with Gasteiger partial charge >= 0.3 is 5.69 Å². The number of nitrogens with zero attached hydrogens (tertiary/aromatic N) is 6. The predicted molar refractivity (Wildman–Crippen MR) is 100.0 cm³/mol. The van der Waals surface area contributed by atoms with Gasteiger partial charge in [0, 0.05) is 57.7 Å². The molecular formula is C17H25N7O2. The van der Waals surface area contributed by atoms with Crippen LogP contribution in [0.1, 0.15) is 11.4 Å². The monoisotopic (exact) mass is 359 g/mol. The van der Waals surface area contributed by atoms with E-state index in [1.165, 1.54) is 4.57 Å². The third-order valence-electron chi connectivity index (χ3n) is 5.64. The van der Waals surface area contributed by atoms with Crippen LogP contribution in [-0.2, 0) is 13.6 Å². The number of aryl methyl sites for hydroxylation is 2. The molecule has 4 rings (SSSR count). The average Bonchev–Trinajstić information content (AvgIpc) is 3.10. The maximum atomic E-state index is 12.4. The van der Waals surface area contributed by atoms with Crippen molar-refractivity contribution in [1.29, 1.82) is 0 Å². The summed E-state index contributed by atoms with van der Waals surface area (Å²) in [4.78, 5) is 36.1. The first-order valence-electron chi connectivity index (χ1n) is 8.96. The van der Waals surface area contributed by atoms with E-state index in [1.807, 2.05) is 11.3 Å². The summed E-state index contributed by atoms with van der Waals surface area (Å²) in [6, 6.07) is 0. The minimum absolute atomic E-state index is 0.394. The molecule has 0 aromatic carbocycles. The molecule has 3 aromatic heterocycles. The molecule has 1 saturated heterocycles. The summed E-state index contributed by atoms with van der Waals surface area (Å²) in [6.45, 7) is 10.1. The quantitative estimate of drug-likeness (QED) is 0.684. The largest absolute Gasteiger partial charge is 0.329 e. The topological polar surface area (TPSA) is 83.6 Å². The molecule has 0 amide bonds.